The third-order valence-electron chi connectivity index (χ3n) is 3.29. The van der Waals surface area contributed by atoms with Crippen molar-refractivity contribution in [2.45, 2.75) is 6.92 Å². The molecule has 1 N–H and O–H groups in total. The van der Waals surface area contributed by atoms with E-state index in [9.17, 15) is 4.79 Å². The average Bonchev–Trinajstić information content (AvgIpc) is 3.14. The standard InChI is InChI=1S/C16H13ClN6O/c1-11(19-20-16(24)13-5-2-6-14(17)8-13)12-4-3-7-15(9-12)23-10-18-21-22-23/h2-10H,1H3,(H,20,24)/b19-11+. The highest BCUT2D eigenvalue weighted by Gasteiger charge is 2.06. The SMILES string of the molecule is C/C(=N\NC(=O)c1cccc(Cl)c1)c1cccc(-n2cnnn2)c1. The maximum atomic E-state index is 12.1. The molecule has 0 atom stereocenters. The number of tetrazole rings is 1. The molecule has 0 bridgehead atoms. The summed E-state index contributed by atoms with van der Waals surface area (Å²) in [6, 6.07) is 14.2. The highest BCUT2D eigenvalue weighted by molar-refractivity contribution is 6.30. The van der Waals surface area contributed by atoms with Gasteiger partial charge in [0.1, 0.15) is 6.33 Å². The summed E-state index contributed by atoms with van der Waals surface area (Å²) in [7, 11) is 0. The number of halogens is 1. The molecule has 1 heterocycles. The van der Waals surface area contributed by atoms with Crippen molar-refractivity contribution < 1.29 is 4.79 Å². The zero-order valence-corrected chi connectivity index (χ0v) is 13.5. The van der Waals surface area contributed by atoms with Crippen molar-refractivity contribution in [3.63, 3.8) is 0 Å². The van der Waals surface area contributed by atoms with Crippen LogP contribution in [0.2, 0.25) is 5.02 Å². The zero-order chi connectivity index (χ0) is 16.9. The number of hydrogen-bond acceptors (Lipinski definition) is 5. The van der Waals surface area contributed by atoms with Crippen molar-refractivity contribution in [1.82, 2.24) is 25.6 Å². The van der Waals surface area contributed by atoms with Crippen LogP contribution in [0.1, 0.15) is 22.8 Å². The molecule has 0 spiro atoms. The molecule has 3 aromatic rings. The highest BCUT2D eigenvalue weighted by Crippen LogP contribution is 2.11. The van der Waals surface area contributed by atoms with Gasteiger partial charge in [-0.3, -0.25) is 4.79 Å². The molecule has 24 heavy (non-hydrogen) atoms. The first-order valence-corrected chi connectivity index (χ1v) is 7.45. The van der Waals surface area contributed by atoms with Crippen LogP contribution in [-0.4, -0.2) is 31.8 Å². The van der Waals surface area contributed by atoms with Gasteiger partial charge in [0.15, 0.2) is 0 Å². The third-order valence-corrected chi connectivity index (χ3v) is 3.52. The van der Waals surface area contributed by atoms with Gasteiger partial charge in [0, 0.05) is 10.6 Å². The van der Waals surface area contributed by atoms with E-state index in [0.29, 0.717) is 16.3 Å². The largest absolute Gasteiger partial charge is 0.271 e. The van der Waals surface area contributed by atoms with Crippen LogP contribution in [0, 0.1) is 0 Å². The van der Waals surface area contributed by atoms with E-state index in [0.717, 1.165) is 11.3 Å². The zero-order valence-electron chi connectivity index (χ0n) is 12.7. The molecule has 0 unspecified atom stereocenters. The van der Waals surface area contributed by atoms with Crippen molar-refractivity contribution in [1.29, 1.82) is 0 Å². The normalized spacial score (nSPS) is 11.3. The molecule has 0 aliphatic rings. The van der Waals surface area contributed by atoms with Gasteiger partial charge in [0.2, 0.25) is 0 Å². The summed E-state index contributed by atoms with van der Waals surface area (Å²) < 4.78 is 1.54. The summed E-state index contributed by atoms with van der Waals surface area (Å²) in [5.74, 6) is -0.325. The Hall–Kier alpha value is -3.06. The maximum Gasteiger partial charge on any atom is 0.271 e. The molecule has 0 saturated carbocycles. The number of nitrogens with one attached hydrogen (secondary N) is 1. The minimum atomic E-state index is -0.325. The summed E-state index contributed by atoms with van der Waals surface area (Å²) in [6.07, 6.45) is 1.51. The molecule has 7 nitrogen and oxygen atoms in total. The second-order valence-corrected chi connectivity index (χ2v) is 5.39. The van der Waals surface area contributed by atoms with Gasteiger partial charge < -0.3 is 0 Å². The molecule has 1 aromatic heterocycles. The van der Waals surface area contributed by atoms with Crippen molar-refractivity contribution in [3.05, 3.63) is 71.0 Å². The van der Waals surface area contributed by atoms with E-state index in [1.54, 1.807) is 35.9 Å². The van der Waals surface area contributed by atoms with Crippen molar-refractivity contribution in [2.75, 3.05) is 0 Å². The predicted octanol–water partition coefficient (Wildman–Crippen LogP) is 2.47. The van der Waals surface area contributed by atoms with Gasteiger partial charge in [-0.15, -0.1) is 5.10 Å². The molecular formula is C16H13ClN6O. The lowest BCUT2D eigenvalue weighted by atomic mass is 10.1. The second kappa shape index (κ2) is 7.01. The molecule has 3 rings (SSSR count). The van der Waals surface area contributed by atoms with Crippen molar-refractivity contribution in [3.8, 4) is 5.69 Å². The quantitative estimate of drug-likeness (QED) is 0.584. The number of hydrazone groups is 1. The van der Waals surface area contributed by atoms with Gasteiger partial charge in [0.25, 0.3) is 5.91 Å². The van der Waals surface area contributed by atoms with E-state index < -0.39 is 0 Å². The number of carbonyl (C=O) groups is 1. The Morgan fingerprint density at radius 3 is 2.71 bits per heavy atom. The van der Waals surface area contributed by atoms with Crippen molar-refractivity contribution >= 4 is 23.2 Å². The van der Waals surface area contributed by atoms with Crippen LogP contribution < -0.4 is 5.43 Å². The number of benzene rings is 2. The molecule has 2 aromatic carbocycles. The van der Waals surface area contributed by atoms with Crippen LogP contribution in [0.15, 0.2) is 60.0 Å². The molecule has 0 radical (unpaired) electrons. The number of nitrogens with zero attached hydrogens (tertiary/aromatic N) is 5. The number of aromatic nitrogens is 4. The van der Waals surface area contributed by atoms with Crippen LogP contribution >= 0.6 is 11.6 Å². The Kier molecular flexibility index (Phi) is 4.62. The van der Waals surface area contributed by atoms with E-state index in [2.05, 4.69) is 26.1 Å². The fourth-order valence-corrected chi connectivity index (χ4v) is 2.24. The third kappa shape index (κ3) is 3.64. The fraction of sp³-hybridized carbons (Fsp3) is 0.0625. The molecule has 0 aliphatic heterocycles. The Morgan fingerprint density at radius 2 is 1.96 bits per heavy atom. The summed E-state index contributed by atoms with van der Waals surface area (Å²) in [5, 5.41) is 15.7. The minimum Gasteiger partial charge on any atom is -0.267 e. The van der Waals surface area contributed by atoms with Gasteiger partial charge >= 0.3 is 0 Å². The van der Waals surface area contributed by atoms with Gasteiger partial charge in [-0.25, -0.2) is 10.1 Å². The number of rotatable bonds is 4. The summed E-state index contributed by atoms with van der Waals surface area (Å²) in [4.78, 5) is 12.1. The van der Waals surface area contributed by atoms with Crippen LogP contribution in [0.3, 0.4) is 0 Å². The van der Waals surface area contributed by atoms with E-state index in [4.69, 9.17) is 11.6 Å². The molecule has 0 saturated heterocycles. The average molecular weight is 341 g/mol. The minimum absolute atomic E-state index is 0.325. The summed E-state index contributed by atoms with van der Waals surface area (Å²) in [6.45, 7) is 1.80. The molecule has 8 heteroatoms. The number of hydrogen-bond donors (Lipinski definition) is 1. The summed E-state index contributed by atoms with van der Waals surface area (Å²) in [5.41, 5.74) is 5.26. The van der Waals surface area contributed by atoms with E-state index in [1.807, 2.05) is 24.3 Å². The molecule has 1 amide bonds. The van der Waals surface area contributed by atoms with Crippen LogP contribution in [0.25, 0.3) is 5.69 Å². The lowest BCUT2D eigenvalue weighted by molar-refractivity contribution is 0.0955. The van der Waals surface area contributed by atoms with Gasteiger partial charge in [-0.05, 0) is 53.2 Å². The Morgan fingerprint density at radius 1 is 1.17 bits per heavy atom. The van der Waals surface area contributed by atoms with Crippen LogP contribution in [0.4, 0.5) is 0 Å². The smallest absolute Gasteiger partial charge is 0.267 e. The Labute approximate surface area is 143 Å². The fourth-order valence-electron chi connectivity index (χ4n) is 2.05. The van der Waals surface area contributed by atoms with Crippen LogP contribution in [-0.2, 0) is 0 Å². The van der Waals surface area contributed by atoms with Crippen LogP contribution in [0.5, 0.6) is 0 Å². The Balaban J connectivity index is 1.76. The molecular weight excluding hydrogens is 328 g/mol. The first-order chi connectivity index (χ1) is 11.6. The van der Waals surface area contributed by atoms with E-state index >= 15 is 0 Å². The summed E-state index contributed by atoms with van der Waals surface area (Å²) >= 11 is 5.88. The first kappa shape index (κ1) is 15.8. The van der Waals surface area contributed by atoms with E-state index in [-0.39, 0.29) is 5.91 Å². The highest BCUT2D eigenvalue weighted by atomic mass is 35.5. The molecule has 120 valence electrons. The maximum absolute atomic E-state index is 12.1. The number of carbonyl (C=O) groups excluding carboxylic acids is 1. The topological polar surface area (TPSA) is 85.1 Å². The van der Waals surface area contributed by atoms with Gasteiger partial charge in [-0.1, -0.05) is 29.8 Å². The van der Waals surface area contributed by atoms with Gasteiger partial charge in [-0.2, -0.15) is 5.10 Å². The Bertz CT molecular complexity index is 891. The van der Waals surface area contributed by atoms with Gasteiger partial charge in [0.05, 0.1) is 11.4 Å². The molecule has 0 fully saturated rings. The lowest BCUT2D eigenvalue weighted by Crippen LogP contribution is -2.19. The molecule has 0 aliphatic carbocycles. The monoisotopic (exact) mass is 340 g/mol. The van der Waals surface area contributed by atoms with Crippen molar-refractivity contribution in [2.24, 2.45) is 5.10 Å². The lowest BCUT2D eigenvalue weighted by Gasteiger charge is -2.05. The van der Waals surface area contributed by atoms with E-state index in [1.165, 1.54) is 6.33 Å². The number of amides is 1. The second-order valence-electron chi connectivity index (χ2n) is 4.95. The predicted molar refractivity (Wildman–Crippen MR) is 90.3 cm³/mol. The first-order valence-electron chi connectivity index (χ1n) is 7.07.